The van der Waals surface area contributed by atoms with Gasteiger partial charge in [-0.05, 0) is 0 Å². The predicted molar refractivity (Wildman–Crippen MR) is 64.0 cm³/mol. The van der Waals surface area contributed by atoms with E-state index in [4.69, 9.17) is 19.8 Å². The van der Waals surface area contributed by atoms with E-state index in [0.29, 0.717) is 6.16 Å². The zero-order valence-corrected chi connectivity index (χ0v) is 14.2. The molecular formula is C7H21O8P2Ti+. The van der Waals surface area contributed by atoms with Crippen molar-refractivity contribution in [2.45, 2.75) is 13.2 Å². The van der Waals surface area contributed by atoms with Crippen molar-refractivity contribution < 1.29 is 59.8 Å². The summed E-state index contributed by atoms with van der Waals surface area (Å²) in [4.78, 5) is 26.2. The van der Waals surface area contributed by atoms with Crippen molar-refractivity contribution in [2.24, 2.45) is 0 Å². The molecule has 0 aliphatic rings. The summed E-state index contributed by atoms with van der Waals surface area (Å²) in [5.74, 6) is 0. The van der Waals surface area contributed by atoms with Crippen LogP contribution in [0.2, 0.25) is 0 Å². The maximum atomic E-state index is 8.80. The normalized spacial score (nSPS) is 14.0. The van der Waals surface area contributed by atoms with Gasteiger partial charge in [0, 0.05) is 42.1 Å². The second-order valence-corrected chi connectivity index (χ2v) is 5.91. The van der Waals surface area contributed by atoms with Gasteiger partial charge in [-0.1, -0.05) is 6.92 Å². The van der Waals surface area contributed by atoms with Crippen LogP contribution >= 0.6 is 16.5 Å². The molecule has 0 aliphatic carbocycles. The number of hydrogen-bond donors (Lipinski definition) is 4. The van der Waals surface area contributed by atoms with Crippen LogP contribution in [0.1, 0.15) is 6.92 Å². The Hall–Kier alpha value is 1.25. The molecule has 2 atom stereocenters. The Morgan fingerprint density at radius 1 is 1.22 bits per heavy atom. The smallest absolute Gasteiger partial charge is 0.379 e. The minimum absolute atomic E-state index is 0. The van der Waals surface area contributed by atoms with Gasteiger partial charge in [-0.25, -0.2) is 0 Å². The first kappa shape index (κ1) is 24.3. The topological polar surface area (TPSA) is 118 Å². The summed E-state index contributed by atoms with van der Waals surface area (Å²) in [5, 5.41) is 8.51. The van der Waals surface area contributed by atoms with Crippen LogP contribution in [0.5, 0.6) is 0 Å². The van der Waals surface area contributed by atoms with Crippen LogP contribution in [0.4, 0.5) is 0 Å². The molecule has 2 unspecified atom stereocenters. The maximum Gasteiger partial charge on any atom is 0.575 e. The molecule has 8 nitrogen and oxygen atoms in total. The molecule has 0 spiro atoms. The van der Waals surface area contributed by atoms with E-state index in [9.17, 15) is 0 Å². The Morgan fingerprint density at radius 3 is 1.94 bits per heavy atom. The van der Waals surface area contributed by atoms with E-state index in [1.807, 2.05) is 0 Å². The van der Waals surface area contributed by atoms with Gasteiger partial charge in [0.1, 0.15) is 0 Å². The third kappa shape index (κ3) is 17.3. The Bertz CT molecular complexity index is 176. The van der Waals surface area contributed by atoms with Gasteiger partial charge in [0.15, 0.2) is 6.29 Å². The standard InChI is InChI=1S/C4H10O3.C3H11O5P2.Ti/c1-6-3-4(5)7-2;1-3-9(4)8-10(5,6)7-2;/h4-5H,3H2,1-2H3;4-6H,3H2,1-2H3;/q;+1;. The molecule has 0 aromatic carbocycles. The molecule has 0 heterocycles. The van der Waals surface area contributed by atoms with Gasteiger partial charge in [0.05, 0.1) is 13.7 Å². The largest absolute Gasteiger partial charge is 0.575 e. The minimum Gasteiger partial charge on any atom is -0.379 e. The van der Waals surface area contributed by atoms with Crippen molar-refractivity contribution in [1.82, 2.24) is 0 Å². The zero-order valence-electron chi connectivity index (χ0n) is 10.8. The maximum absolute atomic E-state index is 8.80. The van der Waals surface area contributed by atoms with Crippen LogP contribution in [0.25, 0.3) is 0 Å². The van der Waals surface area contributed by atoms with Crippen LogP contribution in [-0.2, 0) is 40.0 Å². The van der Waals surface area contributed by atoms with Crippen LogP contribution in [0, 0.1) is 0 Å². The molecule has 110 valence electrons. The number of ether oxygens (including phenoxy) is 2. The van der Waals surface area contributed by atoms with Crippen molar-refractivity contribution in [2.75, 3.05) is 34.1 Å². The Morgan fingerprint density at radius 2 is 1.72 bits per heavy atom. The van der Waals surface area contributed by atoms with Crippen molar-refractivity contribution >= 4 is 16.5 Å². The van der Waals surface area contributed by atoms with E-state index >= 15 is 0 Å². The summed E-state index contributed by atoms with van der Waals surface area (Å²) in [6.07, 6.45) is -0.424. The molecule has 0 radical (unpaired) electrons. The third-order valence-corrected chi connectivity index (χ3v) is 3.91. The predicted octanol–water partition coefficient (Wildman–Crippen LogP) is 0.231. The fourth-order valence-electron chi connectivity index (χ4n) is 0.424. The number of rotatable bonds is 7. The summed E-state index contributed by atoms with van der Waals surface area (Å²) in [5.41, 5.74) is 0. The molecule has 0 saturated carbocycles. The molecule has 0 aromatic rings. The first-order valence-corrected chi connectivity index (χ1v) is 7.51. The number of aliphatic hydroxyl groups is 1. The molecule has 0 aromatic heterocycles. The van der Waals surface area contributed by atoms with Gasteiger partial charge in [0.2, 0.25) is 8.38 Å². The summed E-state index contributed by atoms with van der Waals surface area (Å²) < 4.78 is 17.5. The molecule has 0 saturated heterocycles. The second-order valence-electron chi connectivity index (χ2n) is 2.57. The third-order valence-electron chi connectivity index (χ3n) is 1.29. The molecule has 18 heavy (non-hydrogen) atoms. The molecule has 0 bridgehead atoms. The molecular weight excluding hydrogens is 322 g/mol. The van der Waals surface area contributed by atoms with E-state index in [-0.39, 0.29) is 28.3 Å². The monoisotopic (exact) mass is 343 g/mol. The molecule has 0 fully saturated rings. The van der Waals surface area contributed by atoms with E-state index in [1.165, 1.54) is 14.2 Å². The fourth-order valence-corrected chi connectivity index (χ4v) is 2.14. The van der Waals surface area contributed by atoms with Crippen LogP contribution in [0.3, 0.4) is 0 Å². The van der Waals surface area contributed by atoms with Gasteiger partial charge in [-0.15, -0.1) is 4.31 Å². The van der Waals surface area contributed by atoms with Crippen LogP contribution in [0.15, 0.2) is 0 Å². The zero-order chi connectivity index (χ0) is 13.9. The molecule has 11 heteroatoms. The van der Waals surface area contributed by atoms with Crippen molar-refractivity contribution in [3.05, 3.63) is 0 Å². The van der Waals surface area contributed by atoms with Crippen LogP contribution < -0.4 is 0 Å². The SMILES string of the molecule is CCP(O)O[P+](O)(O)OC.COCC(O)OC.[Ti]. The van der Waals surface area contributed by atoms with Gasteiger partial charge in [0.25, 0.3) is 0 Å². The average Bonchev–Trinajstić information content (AvgIpc) is 2.29. The first-order chi connectivity index (χ1) is 7.82. The van der Waals surface area contributed by atoms with Gasteiger partial charge < -0.3 is 19.5 Å². The van der Waals surface area contributed by atoms with Gasteiger partial charge >= 0.3 is 8.17 Å². The molecule has 0 amide bonds. The van der Waals surface area contributed by atoms with E-state index in [1.54, 1.807) is 6.92 Å². The summed E-state index contributed by atoms with van der Waals surface area (Å²) in [6.45, 7) is 1.90. The molecule has 0 aliphatic heterocycles. The first-order valence-electron chi connectivity index (χ1n) is 4.59. The van der Waals surface area contributed by atoms with Crippen molar-refractivity contribution in [1.29, 1.82) is 0 Å². The van der Waals surface area contributed by atoms with E-state index in [0.717, 1.165) is 7.11 Å². The Labute approximate surface area is 124 Å². The Balaban J connectivity index is -0.000000251. The quantitative estimate of drug-likeness (QED) is 0.295. The Kier molecular flexibility index (Phi) is 19.8. The van der Waals surface area contributed by atoms with Gasteiger partial charge in [-0.3, -0.25) is 0 Å². The van der Waals surface area contributed by atoms with E-state index in [2.05, 4.69) is 18.3 Å². The molecule has 0 rings (SSSR count). The number of methoxy groups -OCH3 is 2. The average molecular weight is 343 g/mol. The van der Waals surface area contributed by atoms with E-state index < -0.39 is 22.8 Å². The van der Waals surface area contributed by atoms with Crippen LogP contribution in [-0.4, -0.2) is 60.2 Å². The van der Waals surface area contributed by atoms with Gasteiger partial charge in [-0.2, -0.15) is 14.3 Å². The second kappa shape index (κ2) is 14.7. The summed E-state index contributed by atoms with van der Waals surface area (Å²) in [6, 6.07) is 0. The number of aliphatic hydroxyl groups excluding tert-OH is 1. The molecule has 4 N–H and O–H groups in total. The van der Waals surface area contributed by atoms with Crippen molar-refractivity contribution in [3.63, 3.8) is 0 Å². The number of hydrogen-bond acceptors (Lipinski definition) is 8. The van der Waals surface area contributed by atoms with Crippen molar-refractivity contribution in [3.8, 4) is 0 Å². The minimum atomic E-state index is -3.72. The summed E-state index contributed by atoms with van der Waals surface area (Å²) in [7, 11) is -1.44. The summed E-state index contributed by atoms with van der Waals surface area (Å²) >= 11 is 0. The fraction of sp³-hybridized carbons (Fsp3) is 1.00.